The minimum atomic E-state index is -0.463. The van der Waals surface area contributed by atoms with Gasteiger partial charge in [-0.05, 0) is 25.1 Å². The lowest BCUT2D eigenvalue weighted by Gasteiger charge is -2.16. The summed E-state index contributed by atoms with van der Waals surface area (Å²) in [6.45, 7) is 2.13. The van der Waals surface area contributed by atoms with Gasteiger partial charge in [-0.1, -0.05) is 0 Å². The fourth-order valence-corrected chi connectivity index (χ4v) is 2.38. The van der Waals surface area contributed by atoms with Crippen molar-refractivity contribution < 1.29 is 23.7 Å². The number of benzene rings is 2. The van der Waals surface area contributed by atoms with Crippen LogP contribution >= 0.6 is 0 Å². The Bertz CT molecular complexity index is 843. The molecule has 2 aromatic rings. The lowest BCUT2D eigenvalue weighted by Crippen LogP contribution is -2.15. The molecule has 0 fully saturated rings. The Hall–Kier alpha value is -3.40. The number of ether oxygens (including phenoxy) is 4. The van der Waals surface area contributed by atoms with Crippen LogP contribution in [0.2, 0.25) is 0 Å². The molecule has 26 heavy (non-hydrogen) atoms. The zero-order valence-corrected chi connectivity index (χ0v) is 15.1. The van der Waals surface area contributed by atoms with Crippen molar-refractivity contribution in [1.29, 1.82) is 5.26 Å². The normalized spacial score (nSPS) is 9.81. The van der Waals surface area contributed by atoms with Gasteiger partial charge in [0.25, 0.3) is 5.91 Å². The summed E-state index contributed by atoms with van der Waals surface area (Å²) < 4.78 is 21.3. The van der Waals surface area contributed by atoms with Gasteiger partial charge >= 0.3 is 0 Å². The summed E-state index contributed by atoms with van der Waals surface area (Å²) in [5, 5.41) is 12.0. The number of hydrogen-bond donors (Lipinski definition) is 1. The SMILES string of the molecule is CCOc1c(OC)cc(C#N)cc1C(=O)Nc1cc(OC)ccc1OC. The highest BCUT2D eigenvalue weighted by Crippen LogP contribution is 2.35. The van der Waals surface area contributed by atoms with E-state index in [9.17, 15) is 10.1 Å². The molecule has 7 nitrogen and oxygen atoms in total. The molecule has 0 spiro atoms. The van der Waals surface area contributed by atoms with E-state index in [1.54, 1.807) is 25.1 Å². The van der Waals surface area contributed by atoms with Gasteiger partial charge < -0.3 is 24.3 Å². The summed E-state index contributed by atoms with van der Waals surface area (Å²) in [6.07, 6.45) is 0. The van der Waals surface area contributed by atoms with Crippen LogP contribution in [0.3, 0.4) is 0 Å². The average Bonchev–Trinajstić information content (AvgIpc) is 2.67. The topological polar surface area (TPSA) is 89.8 Å². The maximum Gasteiger partial charge on any atom is 0.259 e. The number of nitrogens with one attached hydrogen (secondary N) is 1. The molecule has 0 aliphatic heterocycles. The van der Waals surface area contributed by atoms with E-state index in [0.717, 1.165) is 0 Å². The average molecular weight is 356 g/mol. The van der Waals surface area contributed by atoms with Crippen LogP contribution in [-0.4, -0.2) is 33.8 Å². The largest absolute Gasteiger partial charge is 0.497 e. The van der Waals surface area contributed by atoms with Crippen molar-refractivity contribution in [1.82, 2.24) is 0 Å². The number of carbonyl (C=O) groups is 1. The predicted molar refractivity (Wildman–Crippen MR) is 96.4 cm³/mol. The summed E-state index contributed by atoms with van der Waals surface area (Å²) in [7, 11) is 4.48. The van der Waals surface area contributed by atoms with Crippen LogP contribution < -0.4 is 24.3 Å². The second-order valence-electron chi connectivity index (χ2n) is 5.12. The lowest BCUT2D eigenvalue weighted by atomic mass is 10.1. The van der Waals surface area contributed by atoms with Crippen LogP contribution in [0.25, 0.3) is 0 Å². The number of amides is 1. The van der Waals surface area contributed by atoms with E-state index in [1.165, 1.54) is 33.5 Å². The van der Waals surface area contributed by atoms with Gasteiger partial charge in [0, 0.05) is 12.1 Å². The molecule has 0 saturated heterocycles. The van der Waals surface area contributed by atoms with Crippen molar-refractivity contribution >= 4 is 11.6 Å². The molecule has 0 bridgehead atoms. The molecule has 0 heterocycles. The molecular formula is C19H20N2O5. The molecule has 0 saturated carbocycles. The first-order valence-electron chi connectivity index (χ1n) is 7.86. The van der Waals surface area contributed by atoms with Gasteiger partial charge in [-0.3, -0.25) is 4.79 Å². The quantitative estimate of drug-likeness (QED) is 0.819. The Morgan fingerprint density at radius 3 is 2.38 bits per heavy atom. The monoisotopic (exact) mass is 356 g/mol. The van der Waals surface area contributed by atoms with Crippen molar-refractivity contribution in [2.75, 3.05) is 33.3 Å². The van der Waals surface area contributed by atoms with Gasteiger partial charge in [0.1, 0.15) is 11.5 Å². The third-order valence-corrected chi connectivity index (χ3v) is 3.59. The van der Waals surface area contributed by atoms with E-state index in [-0.39, 0.29) is 16.9 Å². The molecule has 0 aliphatic rings. The molecule has 0 aliphatic carbocycles. The smallest absolute Gasteiger partial charge is 0.259 e. The van der Waals surface area contributed by atoms with Crippen LogP contribution in [-0.2, 0) is 0 Å². The van der Waals surface area contributed by atoms with Crippen molar-refractivity contribution in [2.45, 2.75) is 6.92 Å². The molecular weight excluding hydrogens is 336 g/mol. The first-order valence-corrected chi connectivity index (χ1v) is 7.86. The third kappa shape index (κ3) is 3.98. The zero-order chi connectivity index (χ0) is 19.1. The molecule has 1 N–H and O–H groups in total. The second kappa shape index (κ2) is 8.62. The number of hydrogen-bond acceptors (Lipinski definition) is 6. The van der Waals surface area contributed by atoms with Crippen molar-refractivity contribution in [3.8, 4) is 29.1 Å². The van der Waals surface area contributed by atoms with Crippen LogP contribution in [0.4, 0.5) is 5.69 Å². The summed E-state index contributed by atoms with van der Waals surface area (Å²) in [6, 6.07) is 10.0. The van der Waals surface area contributed by atoms with Crippen LogP contribution in [0.15, 0.2) is 30.3 Å². The van der Waals surface area contributed by atoms with Crippen molar-refractivity contribution in [3.05, 3.63) is 41.5 Å². The molecule has 1 amide bonds. The van der Waals surface area contributed by atoms with Gasteiger partial charge in [0.15, 0.2) is 11.5 Å². The van der Waals surface area contributed by atoms with Crippen LogP contribution in [0, 0.1) is 11.3 Å². The summed E-state index contributed by atoms with van der Waals surface area (Å²) in [5.41, 5.74) is 0.904. The highest BCUT2D eigenvalue weighted by molar-refractivity contribution is 6.07. The lowest BCUT2D eigenvalue weighted by molar-refractivity contribution is 0.102. The summed E-state index contributed by atoms with van der Waals surface area (Å²) in [4.78, 5) is 12.9. The maximum atomic E-state index is 12.9. The Kier molecular flexibility index (Phi) is 6.28. The van der Waals surface area contributed by atoms with Crippen molar-refractivity contribution in [2.24, 2.45) is 0 Å². The predicted octanol–water partition coefficient (Wildman–Crippen LogP) is 3.24. The molecule has 0 aromatic heterocycles. The highest BCUT2D eigenvalue weighted by atomic mass is 16.5. The maximum absolute atomic E-state index is 12.9. The highest BCUT2D eigenvalue weighted by Gasteiger charge is 2.20. The Labute approximate surface area is 152 Å². The molecule has 2 rings (SSSR count). The van der Waals surface area contributed by atoms with E-state index in [0.29, 0.717) is 29.5 Å². The summed E-state index contributed by atoms with van der Waals surface area (Å²) in [5.74, 6) is 1.16. The van der Waals surface area contributed by atoms with Gasteiger partial charge in [0.2, 0.25) is 0 Å². The first-order chi connectivity index (χ1) is 12.6. The fourth-order valence-electron chi connectivity index (χ4n) is 2.38. The standard InChI is InChI=1S/C19H20N2O5/c1-5-26-18-14(8-12(11-20)9-17(18)25-4)19(22)21-15-10-13(23-2)6-7-16(15)24-3/h6-10H,5H2,1-4H3,(H,21,22). The van der Waals surface area contributed by atoms with E-state index < -0.39 is 5.91 Å². The molecule has 7 heteroatoms. The number of rotatable bonds is 7. The summed E-state index contributed by atoms with van der Waals surface area (Å²) >= 11 is 0. The minimum absolute atomic E-state index is 0.188. The number of nitriles is 1. The number of methoxy groups -OCH3 is 3. The van der Waals surface area contributed by atoms with E-state index in [2.05, 4.69) is 5.32 Å². The first kappa shape index (κ1) is 18.9. The molecule has 2 aromatic carbocycles. The molecule has 0 atom stereocenters. The van der Waals surface area contributed by atoms with E-state index in [1.807, 2.05) is 6.07 Å². The molecule has 0 unspecified atom stereocenters. The molecule has 0 radical (unpaired) electrons. The fraction of sp³-hybridized carbons (Fsp3) is 0.263. The zero-order valence-electron chi connectivity index (χ0n) is 15.1. The third-order valence-electron chi connectivity index (χ3n) is 3.59. The van der Waals surface area contributed by atoms with Gasteiger partial charge in [-0.2, -0.15) is 5.26 Å². The van der Waals surface area contributed by atoms with Gasteiger partial charge in [-0.15, -0.1) is 0 Å². The number of nitrogens with zero attached hydrogens (tertiary/aromatic N) is 1. The molecule has 136 valence electrons. The second-order valence-corrected chi connectivity index (χ2v) is 5.12. The van der Waals surface area contributed by atoms with Crippen molar-refractivity contribution in [3.63, 3.8) is 0 Å². The minimum Gasteiger partial charge on any atom is -0.497 e. The van der Waals surface area contributed by atoms with Crippen LogP contribution in [0.1, 0.15) is 22.8 Å². The van der Waals surface area contributed by atoms with Gasteiger partial charge in [-0.25, -0.2) is 0 Å². The Morgan fingerprint density at radius 2 is 1.81 bits per heavy atom. The van der Waals surface area contributed by atoms with E-state index >= 15 is 0 Å². The Morgan fingerprint density at radius 1 is 1.08 bits per heavy atom. The number of carbonyl (C=O) groups excluding carboxylic acids is 1. The van der Waals surface area contributed by atoms with Gasteiger partial charge in [0.05, 0.1) is 50.8 Å². The Balaban J connectivity index is 2.48. The van der Waals surface area contributed by atoms with E-state index in [4.69, 9.17) is 18.9 Å². The number of anilines is 1. The van der Waals surface area contributed by atoms with Crippen LogP contribution in [0.5, 0.6) is 23.0 Å².